The van der Waals surface area contributed by atoms with Gasteiger partial charge in [-0.05, 0) is 42.5 Å². The van der Waals surface area contributed by atoms with Gasteiger partial charge >= 0.3 is 11.0 Å². The summed E-state index contributed by atoms with van der Waals surface area (Å²) in [5, 5.41) is 10.1. The van der Waals surface area contributed by atoms with Crippen molar-refractivity contribution < 1.29 is 19.4 Å². The highest BCUT2D eigenvalue weighted by atomic mass is 32.1. The molecule has 1 fully saturated rings. The first-order chi connectivity index (χ1) is 17.5. The number of phenolic OH excluding ortho intramolecular Hbond substituents is 1. The molecule has 0 unspecified atom stereocenters. The number of aromatic amines is 1. The van der Waals surface area contributed by atoms with Crippen molar-refractivity contribution in [2.75, 3.05) is 19.6 Å². The number of aromatic nitrogens is 1. The molecule has 0 atom stereocenters. The Balaban J connectivity index is 1.49. The fraction of sp³-hybridized carbons (Fsp3) is 0.370. The number of carbonyl (C=O) groups is 2. The van der Waals surface area contributed by atoms with Crippen molar-refractivity contribution in [3.63, 3.8) is 0 Å². The minimum absolute atomic E-state index is 0.0152. The molecule has 1 aliphatic rings. The second-order valence-electron chi connectivity index (χ2n) is 8.91. The van der Waals surface area contributed by atoms with Crippen LogP contribution in [0.25, 0.3) is 10.2 Å². The van der Waals surface area contributed by atoms with Crippen molar-refractivity contribution in [1.82, 2.24) is 14.8 Å². The maximum absolute atomic E-state index is 13.1. The molecule has 2 N–H and O–H groups in total. The molecule has 3 aromatic rings. The van der Waals surface area contributed by atoms with E-state index >= 15 is 0 Å². The number of aromatic hydroxyl groups is 1. The van der Waals surface area contributed by atoms with Gasteiger partial charge in [0.25, 0.3) is 0 Å². The van der Waals surface area contributed by atoms with Gasteiger partial charge in [0, 0.05) is 25.7 Å². The van der Waals surface area contributed by atoms with Crippen LogP contribution in [0.4, 0.5) is 4.79 Å². The monoisotopic (exact) mass is 509 g/mol. The average molecular weight is 510 g/mol. The Hall–Kier alpha value is -3.59. The smallest absolute Gasteiger partial charge is 0.410 e. The fourth-order valence-corrected chi connectivity index (χ4v) is 5.56. The number of ether oxygens (including phenoxy) is 1. The summed E-state index contributed by atoms with van der Waals surface area (Å²) >= 11 is 1.03. The molecule has 1 aromatic heterocycles. The Morgan fingerprint density at radius 1 is 1.11 bits per heavy atom. The third-order valence-corrected chi connectivity index (χ3v) is 7.55. The van der Waals surface area contributed by atoms with Gasteiger partial charge in [0.1, 0.15) is 17.9 Å². The van der Waals surface area contributed by atoms with Crippen LogP contribution in [-0.4, -0.2) is 57.6 Å². The van der Waals surface area contributed by atoms with Crippen molar-refractivity contribution in [3.8, 4) is 5.75 Å². The van der Waals surface area contributed by atoms with Gasteiger partial charge in [-0.15, -0.1) is 0 Å². The second kappa shape index (κ2) is 11.9. The minimum atomic E-state index is -0.464. The lowest BCUT2D eigenvalue weighted by atomic mass is 10.1. The number of carbonyl (C=O) groups excluding carboxylic acids is 2. The van der Waals surface area contributed by atoms with Crippen molar-refractivity contribution in [2.24, 2.45) is 0 Å². The summed E-state index contributed by atoms with van der Waals surface area (Å²) in [5.74, 6) is -0.113. The molecule has 4 rings (SSSR count). The van der Waals surface area contributed by atoms with Crippen LogP contribution in [0.2, 0.25) is 0 Å². The fourth-order valence-electron chi connectivity index (χ4n) is 4.66. The molecule has 0 saturated heterocycles. The van der Waals surface area contributed by atoms with Crippen LogP contribution in [0, 0.1) is 0 Å². The summed E-state index contributed by atoms with van der Waals surface area (Å²) in [4.78, 5) is 43.4. The van der Waals surface area contributed by atoms with Gasteiger partial charge in [-0.2, -0.15) is 0 Å². The minimum Gasteiger partial charge on any atom is -0.506 e. The maximum atomic E-state index is 13.1. The molecule has 1 aliphatic carbocycles. The van der Waals surface area contributed by atoms with Gasteiger partial charge < -0.3 is 24.6 Å². The molecule has 0 bridgehead atoms. The van der Waals surface area contributed by atoms with Crippen LogP contribution in [0.5, 0.6) is 5.75 Å². The Labute approximate surface area is 213 Å². The van der Waals surface area contributed by atoms with E-state index in [1.807, 2.05) is 35.2 Å². The van der Waals surface area contributed by atoms with Gasteiger partial charge in [-0.3, -0.25) is 9.59 Å². The molecule has 1 saturated carbocycles. The summed E-state index contributed by atoms with van der Waals surface area (Å²) in [7, 11) is 0. The molecule has 0 spiro atoms. The number of H-pyrrole nitrogens is 1. The quantitative estimate of drug-likeness (QED) is 0.394. The van der Waals surface area contributed by atoms with Crippen molar-refractivity contribution in [3.05, 3.63) is 75.9 Å². The normalized spacial score (nSPS) is 13.6. The van der Waals surface area contributed by atoms with E-state index in [1.165, 1.54) is 6.08 Å². The molecule has 8 nitrogen and oxygen atoms in total. The van der Waals surface area contributed by atoms with Gasteiger partial charge in [0.15, 0.2) is 0 Å². The molecule has 190 valence electrons. The van der Waals surface area contributed by atoms with E-state index in [1.54, 1.807) is 17.0 Å². The van der Waals surface area contributed by atoms with Crippen molar-refractivity contribution in [2.45, 2.75) is 44.8 Å². The summed E-state index contributed by atoms with van der Waals surface area (Å²) in [6.45, 7) is 4.83. The van der Waals surface area contributed by atoms with Crippen LogP contribution in [0.3, 0.4) is 0 Å². The van der Waals surface area contributed by atoms with Crippen LogP contribution in [0.15, 0.2) is 59.9 Å². The summed E-state index contributed by atoms with van der Waals surface area (Å²) in [5.41, 5.74) is 2.14. The lowest BCUT2D eigenvalue weighted by molar-refractivity contribution is -0.128. The first-order valence-corrected chi connectivity index (χ1v) is 13.0. The number of nitrogens with one attached hydrogen (secondary N) is 1. The van der Waals surface area contributed by atoms with Crippen LogP contribution >= 0.6 is 11.3 Å². The Kier molecular flexibility index (Phi) is 8.43. The predicted molar refractivity (Wildman–Crippen MR) is 140 cm³/mol. The third kappa shape index (κ3) is 6.15. The molecule has 1 heterocycles. The summed E-state index contributed by atoms with van der Waals surface area (Å²) in [6.07, 6.45) is 5.41. The van der Waals surface area contributed by atoms with Gasteiger partial charge in [-0.25, -0.2) is 4.79 Å². The molecule has 2 aromatic carbocycles. The number of amides is 2. The molecule has 9 heteroatoms. The second-order valence-corrected chi connectivity index (χ2v) is 9.90. The molecule has 0 radical (unpaired) electrons. The molecule has 0 aliphatic heterocycles. The maximum Gasteiger partial charge on any atom is 0.410 e. The van der Waals surface area contributed by atoms with E-state index in [0.717, 1.165) is 48.1 Å². The Morgan fingerprint density at radius 3 is 2.58 bits per heavy atom. The van der Waals surface area contributed by atoms with Crippen molar-refractivity contribution in [1.29, 1.82) is 0 Å². The SMILES string of the molecule is C=CC(=O)N(CCN(CCc1ccc(O)c2[nH]c(=O)sc12)C(=O)OCc1ccccc1)C1CCCC1. The lowest BCUT2D eigenvalue weighted by Crippen LogP contribution is -2.45. The number of hydrogen-bond donors (Lipinski definition) is 2. The summed E-state index contributed by atoms with van der Waals surface area (Å²) < 4.78 is 6.28. The highest BCUT2D eigenvalue weighted by Gasteiger charge is 2.27. The van der Waals surface area contributed by atoms with Crippen LogP contribution in [-0.2, 0) is 22.6 Å². The van der Waals surface area contributed by atoms with E-state index in [9.17, 15) is 19.5 Å². The lowest BCUT2D eigenvalue weighted by Gasteiger charge is -2.31. The van der Waals surface area contributed by atoms with Crippen molar-refractivity contribution >= 4 is 33.6 Å². The zero-order valence-electron chi connectivity index (χ0n) is 20.2. The van der Waals surface area contributed by atoms with E-state index in [-0.39, 0.29) is 29.2 Å². The molecular formula is C27H31N3O5S. The van der Waals surface area contributed by atoms with E-state index in [2.05, 4.69) is 11.6 Å². The largest absolute Gasteiger partial charge is 0.506 e. The predicted octanol–water partition coefficient (Wildman–Crippen LogP) is 4.43. The van der Waals surface area contributed by atoms with Gasteiger partial charge in [0.05, 0.1) is 4.70 Å². The number of fused-ring (bicyclic) bond motifs is 1. The number of benzene rings is 2. The van der Waals surface area contributed by atoms with Gasteiger partial charge in [0.2, 0.25) is 5.91 Å². The van der Waals surface area contributed by atoms with Crippen LogP contribution in [0.1, 0.15) is 36.8 Å². The third-order valence-electron chi connectivity index (χ3n) is 6.59. The average Bonchev–Trinajstić information content (AvgIpc) is 3.56. The number of thiazole rings is 1. The Morgan fingerprint density at radius 2 is 1.86 bits per heavy atom. The topological polar surface area (TPSA) is 103 Å². The highest BCUT2D eigenvalue weighted by Crippen LogP contribution is 2.28. The molecule has 36 heavy (non-hydrogen) atoms. The zero-order chi connectivity index (χ0) is 25.5. The van der Waals surface area contributed by atoms with E-state index < -0.39 is 6.09 Å². The Bertz CT molecular complexity index is 1260. The molecule has 2 amide bonds. The molecular weight excluding hydrogens is 478 g/mol. The highest BCUT2D eigenvalue weighted by molar-refractivity contribution is 7.16. The number of nitrogens with zero attached hydrogens (tertiary/aromatic N) is 2. The number of rotatable bonds is 10. The first-order valence-electron chi connectivity index (χ1n) is 12.2. The first kappa shape index (κ1) is 25.5. The zero-order valence-corrected chi connectivity index (χ0v) is 21.0. The van der Waals surface area contributed by atoms with E-state index in [0.29, 0.717) is 36.3 Å². The standard InChI is InChI=1S/C27H31N3O5S/c1-2-23(32)30(21-10-6-7-11-21)17-16-29(27(34)35-18-19-8-4-3-5-9-19)15-14-20-12-13-22(31)24-25(20)36-26(33)28-24/h2-5,8-9,12-13,21,31H,1,6-7,10-11,14-18H2,(H,28,33). The number of hydrogen-bond acceptors (Lipinski definition) is 6. The van der Waals surface area contributed by atoms with Crippen LogP contribution < -0.4 is 4.87 Å². The van der Waals surface area contributed by atoms with E-state index in [4.69, 9.17) is 4.74 Å². The van der Waals surface area contributed by atoms with Gasteiger partial charge in [-0.1, -0.05) is 67.2 Å². The summed E-state index contributed by atoms with van der Waals surface area (Å²) in [6, 6.07) is 12.9. The number of phenols is 1.